The van der Waals surface area contributed by atoms with Gasteiger partial charge in [0.15, 0.2) is 0 Å². The number of rotatable bonds is 4. The molecule has 0 fully saturated rings. The van der Waals surface area contributed by atoms with E-state index in [1.54, 1.807) is 24.3 Å². The molecule has 0 saturated carbocycles. The second-order valence-electron chi connectivity index (χ2n) is 6.88. The summed E-state index contributed by atoms with van der Waals surface area (Å²) in [5.41, 5.74) is 4.79. The van der Waals surface area contributed by atoms with Gasteiger partial charge in [-0.2, -0.15) is 5.10 Å². The fraction of sp³-hybridized carbons (Fsp3) is 0.0833. The Hall–Kier alpha value is -3.21. The van der Waals surface area contributed by atoms with Gasteiger partial charge in [-0.1, -0.05) is 78.3 Å². The zero-order valence-corrected chi connectivity index (χ0v) is 16.3. The van der Waals surface area contributed by atoms with Gasteiger partial charge < -0.3 is 5.11 Å². The third-order valence-corrected chi connectivity index (χ3v) is 5.15. The first-order valence-electron chi connectivity index (χ1n) is 9.24. The summed E-state index contributed by atoms with van der Waals surface area (Å²) in [6.45, 7) is 0. The lowest BCUT2D eigenvalue weighted by Gasteiger charge is -2.27. The maximum atomic E-state index is 12.4. The van der Waals surface area contributed by atoms with Gasteiger partial charge in [-0.15, -0.1) is 0 Å². The van der Waals surface area contributed by atoms with Crippen molar-refractivity contribution in [3.05, 3.63) is 113 Å². The molecule has 3 aromatic carbocycles. The largest absolute Gasteiger partial charge is 0.380 e. The van der Waals surface area contributed by atoms with Crippen molar-refractivity contribution < 1.29 is 9.90 Å². The molecule has 5 heteroatoms. The van der Waals surface area contributed by atoms with Crippen molar-refractivity contribution in [1.82, 2.24) is 5.43 Å². The van der Waals surface area contributed by atoms with Crippen molar-refractivity contribution in [2.75, 3.05) is 0 Å². The maximum Gasteiger partial charge on any atom is 0.271 e. The summed E-state index contributed by atoms with van der Waals surface area (Å²) in [6.07, 6.45) is 2.09. The van der Waals surface area contributed by atoms with E-state index in [4.69, 9.17) is 11.6 Å². The van der Waals surface area contributed by atoms with Gasteiger partial charge >= 0.3 is 0 Å². The zero-order chi connectivity index (χ0) is 20.3. The number of hydrazone groups is 1. The van der Waals surface area contributed by atoms with Crippen LogP contribution in [0.1, 0.15) is 27.9 Å². The molecular weight excluding hydrogens is 384 g/mol. The lowest BCUT2D eigenvalue weighted by Crippen LogP contribution is -2.26. The maximum absolute atomic E-state index is 12.4. The molecule has 3 aromatic rings. The highest BCUT2D eigenvalue weighted by Crippen LogP contribution is 2.43. The number of nitrogens with one attached hydrogen (secondary N) is 1. The van der Waals surface area contributed by atoms with Crippen LogP contribution >= 0.6 is 11.6 Å². The van der Waals surface area contributed by atoms with Crippen molar-refractivity contribution in [2.24, 2.45) is 5.10 Å². The van der Waals surface area contributed by atoms with Crippen molar-refractivity contribution in [1.29, 1.82) is 0 Å². The molecule has 1 atom stereocenters. The second kappa shape index (κ2) is 8.03. The normalized spacial score (nSPS) is 19.8. The van der Waals surface area contributed by atoms with Crippen LogP contribution < -0.4 is 5.43 Å². The minimum atomic E-state index is -1.22. The molecule has 0 bridgehead atoms. The highest BCUT2D eigenvalue weighted by Gasteiger charge is 2.40. The van der Waals surface area contributed by atoms with E-state index in [-0.39, 0.29) is 12.3 Å². The molecule has 144 valence electrons. The van der Waals surface area contributed by atoms with E-state index in [0.717, 1.165) is 16.7 Å². The summed E-state index contributed by atoms with van der Waals surface area (Å²) in [5.74, 6) is -0.357. The predicted octanol–water partition coefficient (Wildman–Crippen LogP) is 4.80. The molecule has 0 aliphatic heterocycles. The molecule has 0 aromatic heterocycles. The lowest BCUT2D eigenvalue weighted by atomic mass is 9.84. The number of halogens is 1. The zero-order valence-electron chi connectivity index (χ0n) is 15.5. The topological polar surface area (TPSA) is 61.7 Å². The fourth-order valence-electron chi connectivity index (χ4n) is 3.49. The van der Waals surface area contributed by atoms with Crippen molar-refractivity contribution in [3.8, 4) is 0 Å². The first kappa shape index (κ1) is 19.1. The Morgan fingerprint density at radius 2 is 1.66 bits per heavy atom. The van der Waals surface area contributed by atoms with Crippen molar-refractivity contribution in [2.45, 2.75) is 12.0 Å². The summed E-state index contributed by atoms with van der Waals surface area (Å²) in [5, 5.41) is 16.3. The fourth-order valence-corrected chi connectivity index (χ4v) is 3.68. The van der Waals surface area contributed by atoms with Gasteiger partial charge in [0.05, 0.1) is 5.71 Å². The van der Waals surface area contributed by atoms with Gasteiger partial charge in [0.25, 0.3) is 5.91 Å². The third kappa shape index (κ3) is 3.99. The Bertz CT molecular complexity index is 1090. The number of benzene rings is 3. The number of amides is 1. The van der Waals surface area contributed by atoms with Gasteiger partial charge in [0.2, 0.25) is 0 Å². The molecule has 0 radical (unpaired) electrons. The van der Waals surface area contributed by atoms with Gasteiger partial charge in [-0.3, -0.25) is 4.79 Å². The Labute approximate surface area is 174 Å². The van der Waals surface area contributed by atoms with Crippen LogP contribution in [-0.4, -0.2) is 16.7 Å². The summed E-state index contributed by atoms with van der Waals surface area (Å²) < 4.78 is 0. The molecule has 1 aliphatic rings. The number of hydrogen-bond acceptors (Lipinski definition) is 3. The quantitative estimate of drug-likeness (QED) is 0.616. The minimum Gasteiger partial charge on any atom is -0.380 e. The highest BCUT2D eigenvalue weighted by atomic mass is 35.5. The summed E-state index contributed by atoms with van der Waals surface area (Å²) >= 11 is 5.95. The Morgan fingerprint density at radius 3 is 2.34 bits per heavy atom. The first-order valence-corrected chi connectivity index (χ1v) is 9.62. The van der Waals surface area contributed by atoms with Crippen LogP contribution in [0.4, 0.5) is 0 Å². The highest BCUT2D eigenvalue weighted by molar-refractivity contribution is 6.31. The number of nitrogens with zero attached hydrogens (tertiary/aromatic N) is 1. The van der Waals surface area contributed by atoms with E-state index in [0.29, 0.717) is 16.3 Å². The van der Waals surface area contributed by atoms with Crippen LogP contribution in [0.3, 0.4) is 0 Å². The smallest absolute Gasteiger partial charge is 0.271 e. The van der Waals surface area contributed by atoms with E-state index < -0.39 is 5.60 Å². The number of carbonyl (C=O) groups excluding carboxylic acids is 1. The van der Waals surface area contributed by atoms with Gasteiger partial charge in [0.1, 0.15) is 5.60 Å². The Balaban J connectivity index is 1.66. The van der Waals surface area contributed by atoms with Gasteiger partial charge in [-0.05, 0) is 41.0 Å². The van der Waals surface area contributed by atoms with Crippen LogP contribution in [0.15, 0.2) is 96.1 Å². The minimum absolute atomic E-state index is 0.261. The lowest BCUT2D eigenvalue weighted by molar-refractivity contribution is 0.0952. The number of carbonyl (C=O) groups is 1. The number of aliphatic hydroxyl groups is 1. The van der Waals surface area contributed by atoms with E-state index in [9.17, 15) is 9.90 Å². The molecule has 0 spiro atoms. The molecule has 1 unspecified atom stereocenters. The van der Waals surface area contributed by atoms with E-state index in [2.05, 4.69) is 10.5 Å². The molecule has 1 amide bonds. The van der Waals surface area contributed by atoms with Gasteiger partial charge in [0, 0.05) is 17.0 Å². The molecule has 2 N–H and O–H groups in total. The SMILES string of the molecule is O=C(NN=C1C=C(c2ccccc2)C(O)(c2ccccc2)C1)c1cccc(Cl)c1. The molecule has 0 saturated heterocycles. The summed E-state index contributed by atoms with van der Waals surface area (Å²) in [4.78, 5) is 12.4. The van der Waals surface area contributed by atoms with E-state index >= 15 is 0 Å². The molecular formula is C24H19ClN2O2. The molecule has 4 nitrogen and oxygen atoms in total. The third-order valence-electron chi connectivity index (χ3n) is 4.92. The standard InChI is InChI=1S/C24H19ClN2O2/c25-20-13-7-10-18(14-20)23(28)27-26-21-15-22(17-8-3-1-4-9-17)24(29,16-21)19-11-5-2-6-12-19/h1-15,29H,16H2,(H,27,28). The van der Waals surface area contributed by atoms with Crippen LogP contribution in [0, 0.1) is 0 Å². The van der Waals surface area contributed by atoms with Crippen molar-refractivity contribution >= 4 is 28.8 Å². The molecule has 0 heterocycles. The number of allylic oxidation sites excluding steroid dienone is 1. The average Bonchev–Trinajstić information content (AvgIpc) is 3.11. The Kier molecular flexibility index (Phi) is 5.30. The van der Waals surface area contributed by atoms with E-state index in [1.165, 1.54) is 0 Å². The average molecular weight is 403 g/mol. The molecule has 29 heavy (non-hydrogen) atoms. The van der Waals surface area contributed by atoms with Gasteiger partial charge in [-0.25, -0.2) is 5.43 Å². The van der Waals surface area contributed by atoms with Crippen LogP contribution in [-0.2, 0) is 5.60 Å². The molecule has 1 aliphatic carbocycles. The monoisotopic (exact) mass is 402 g/mol. The van der Waals surface area contributed by atoms with Crippen molar-refractivity contribution in [3.63, 3.8) is 0 Å². The first-order chi connectivity index (χ1) is 14.1. The summed E-state index contributed by atoms with van der Waals surface area (Å²) in [7, 11) is 0. The van der Waals surface area contributed by atoms with Crippen LogP contribution in [0.25, 0.3) is 5.57 Å². The second-order valence-corrected chi connectivity index (χ2v) is 7.32. The predicted molar refractivity (Wildman–Crippen MR) is 116 cm³/mol. The molecule has 4 rings (SSSR count). The van der Waals surface area contributed by atoms with E-state index in [1.807, 2.05) is 66.7 Å². The van der Waals surface area contributed by atoms with Crippen LogP contribution in [0.2, 0.25) is 5.02 Å². The number of hydrogen-bond donors (Lipinski definition) is 2. The summed E-state index contributed by atoms with van der Waals surface area (Å²) in [6, 6.07) is 25.8. The Morgan fingerprint density at radius 1 is 0.966 bits per heavy atom. The van der Waals surface area contributed by atoms with Crippen LogP contribution in [0.5, 0.6) is 0 Å².